The molecule has 122 valence electrons. The zero-order valence-electron chi connectivity index (χ0n) is 13.7. The van der Waals surface area contributed by atoms with Gasteiger partial charge in [-0.05, 0) is 31.2 Å². The maximum Gasteiger partial charge on any atom is 0.223 e. The quantitative estimate of drug-likeness (QED) is 0.853. The fourth-order valence-corrected chi connectivity index (χ4v) is 3.04. The molecular formula is C17H23N5O. The van der Waals surface area contributed by atoms with E-state index in [0.29, 0.717) is 13.0 Å². The summed E-state index contributed by atoms with van der Waals surface area (Å²) in [5, 5.41) is 0. The third kappa shape index (κ3) is 3.59. The maximum absolute atomic E-state index is 12.5. The summed E-state index contributed by atoms with van der Waals surface area (Å²) in [6, 6.07) is 4.09. The van der Waals surface area contributed by atoms with Gasteiger partial charge < -0.3 is 9.47 Å². The minimum absolute atomic E-state index is 0.161. The number of carbonyl (C=O) groups excluding carboxylic acids is 1. The molecule has 23 heavy (non-hydrogen) atoms. The van der Waals surface area contributed by atoms with Crippen LogP contribution < -0.4 is 0 Å². The highest BCUT2D eigenvalue weighted by Gasteiger charge is 2.30. The molecule has 1 atom stereocenters. The molecule has 6 nitrogen and oxygen atoms in total. The summed E-state index contributed by atoms with van der Waals surface area (Å²) < 4.78 is 2.03. The highest BCUT2D eigenvalue weighted by molar-refractivity contribution is 5.76. The van der Waals surface area contributed by atoms with E-state index in [2.05, 4.69) is 21.9 Å². The van der Waals surface area contributed by atoms with Crippen LogP contribution in [0.25, 0.3) is 0 Å². The van der Waals surface area contributed by atoms with Crippen molar-refractivity contribution in [2.45, 2.75) is 18.9 Å². The number of hydrogen-bond acceptors (Lipinski definition) is 4. The number of amides is 1. The third-order valence-electron chi connectivity index (χ3n) is 4.53. The van der Waals surface area contributed by atoms with Crippen LogP contribution in [0.5, 0.6) is 0 Å². The molecule has 6 heteroatoms. The van der Waals surface area contributed by atoms with E-state index in [0.717, 1.165) is 30.9 Å². The van der Waals surface area contributed by atoms with Crippen molar-refractivity contribution in [2.24, 2.45) is 7.05 Å². The van der Waals surface area contributed by atoms with Crippen LogP contribution in [0.2, 0.25) is 0 Å². The van der Waals surface area contributed by atoms with E-state index in [1.54, 1.807) is 12.4 Å². The summed E-state index contributed by atoms with van der Waals surface area (Å²) >= 11 is 0. The largest absolute Gasteiger partial charge is 0.339 e. The number of hydrogen-bond donors (Lipinski definition) is 0. The van der Waals surface area contributed by atoms with Crippen LogP contribution in [0.4, 0.5) is 0 Å². The summed E-state index contributed by atoms with van der Waals surface area (Å²) in [5.41, 5.74) is 1.16. The van der Waals surface area contributed by atoms with Crippen molar-refractivity contribution < 1.29 is 4.79 Å². The second-order valence-corrected chi connectivity index (χ2v) is 6.09. The Balaban J connectivity index is 1.62. The predicted octanol–water partition coefficient (Wildman–Crippen LogP) is 1.26. The summed E-state index contributed by atoms with van der Waals surface area (Å²) in [6.07, 6.45) is 8.61. The number of imidazole rings is 1. The average Bonchev–Trinajstić information content (AvgIpc) is 3.00. The van der Waals surface area contributed by atoms with Gasteiger partial charge in [0, 0.05) is 57.9 Å². The van der Waals surface area contributed by atoms with Gasteiger partial charge in [-0.1, -0.05) is 0 Å². The summed E-state index contributed by atoms with van der Waals surface area (Å²) in [4.78, 5) is 25.2. The predicted molar refractivity (Wildman–Crippen MR) is 87.7 cm³/mol. The molecule has 1 amide bonds. The maximum atomic E-state index is 12.5. The van der Waals surface area contributed by atoms with Gasteiger partial charge in [0.2, 0.25) is 5.91 Å². The molecule has 1 saturated heterocycles. The summed E-state index contributed by atoms with van der Waals surface area (Å²) in [7, 11) is 4.10. The molecule has 0 saturated carbocycles. The lowest BCUT2D eigenvalue weighted by Crippen LogP contribution is -2.49. The van der Waals surface area contributed by atoms with E-state index in [4.69, 9.17) is 0 Å². The van der Waals surface area contributed by atoms with Gasteiger partial charge in [-0.15, -0.1) is 0 Å². The van der Waals surface area contributed by atoms with E-state index >= 15 is 0 Å². The molecule has 0 bridgehead atoms. The van der Waals surface area contributed by atoms with Crippen LogP contribution in [0.3, 0.4) is 0 Å². The molecule has 1 aliphatic rings. The Morgan fingerprint density at radius 2 is 2.00 bits per heavy atom. The van der Waals surface area contributed by atoms with Gasteiger partial charge in [0.15, 0.2) is 0 Å². The Kier molecular flexibility index (Phi) is 4.71. The van der Waals surface area contributed by atoms with Gasteiger partial charge in [0.1, 0.15) is 5.82 Å². The second kappa shape index (κ2) is 6.91. The number of rotatable bonds is 4. The van der Waals surface area contributed by atoms with E-state index < -0.39 is 0 Å². The van der Waals surface area contributed by atoms with Crippen molar-refractivity contribution in [2.75, 3.05) is 26.7 Å². The summed E-state index contributed by atoms with van der Waals surface area (Å²) in [6.45, 7) is 2.36. The topological polar surface area (TPSA) is 54.3 Å². The molecule has 3 heterocycles. The Labute approximate surface area is 136 Å². The first kappa shape index (κ1) is 15.7. The molecule has 0 spiro atoms. The van der Waals surface area contributed by atoms with Crippen LogP contribution in [0, 0.1) is 0 Å². The molecule has 1 fully saturated rings. The SMILES string of the molecule is CN1CCN(C(=O)CCc2ccncc2)C[C@@H]1c1nccn1C. The van der Waals surface area contributed by atoms with Gasteiger partial charge in [-0.3, -0.25) is 14.7 Å². The van der Waals surface area contributed by atoms with Crippen molar-refractivity contribution in [3.05, 3.63) is 48.3 Å². The van der Waals surface area contributed by atoms with E-state index in [1.165, 1.54) is 0 Å². The molecule has 2 aromatic heterocycles. The minimum atomic E-state index is 0.161. The van der Waals surface area contributed by atoms with E-state index in [1.807, 2.05) is 41.0 Å². The average molecular weight is 313 g/mol. The van der Waals surface area contributed by atoms with Gasteiger partial charge in [0.05, 0.1) is 6.04 Å². The molecule has 1 aliphatic heterocycles. The number of piperazine rings is 1. The first-order valence-electron chi connectivity index (χ1n) is 7.99. The van der Waals surface area contributed by atoms with Gasteiger partial charge in [0.25, 0.3) is 0 Å². The van der Waals surface area contributed by atoms with Crippen LogP contribution in [-0.2, 0) is 18.3 Å². The fourth-order valence-electron chi connectivity index (χ4n) is 3.04. The standard InChI is InChI=1S/C17H23N5O/c1-20-11-12-22(13-15(20)17-19-9-10-21(17)2)16(23)4-3-14-5-7-18-8-6-14/h5-10,15H,3-4,11-13H2,1-2H3/t15-/m1/s1. The van der Waals surface area contributed by atoms with E-state index in [-0.39, 0.29) is 11.9 Å². The smallest absolute Gasteiger partial charge is 0.223 e. The highest BCUT2D eigenvalue weighted by atomic mass is 16.2. The molecule has 0 radical (unpaired) electrons. The monoisotopic (exact) mass is 313 g/mol. The van der Waals surface area contributed by atoms with E-state index in [9.17, 15) is 4.79 Å². The number of nitrogens with zero attached hydrogens (tertiary/aromatic N) is 5. The van der Waals surface area contributed by atoms with Crippen LogP contribution in [0.1, 0.15) is 23.9 Å². The minimum Gasteiger partial charge on any atom is -0.339 e. The number of aromatic nitrogens is 3. The zero-order valence-corrected chi connectivity index (χ0v) is 13.7. The zero-order chi connectivity index (χ0) is 16.2. The molecule has 2 aromatic rings. The second-order valence-electron chi connectivity index (χ2n) is 6.09. The van der Waals surface area contributed by atoms with Crippen molar-refractivity contribution >= 4 is 5.91 Å². The van der Waals surface area contributed by atoms with Crippen LogP contribution in [0.15, 0.2) is 36.9 Å². The summed E-state index contributed by atoms with van der Waals surface area (Å²) in [5.74, 6) is 1.23. The van der Waals surface area contributed by atoms with Gasteiger partial charge >= 0.3 is 0 Å². The third-order valence-corrected chi connectivity index (χ3v) is 4.53. The lowest BCUT2D eigenvalue weighted by atomic mass is 10.1. The Morgan fingerprint density at radius 1 is 1.22 bits per heavy atom. The molecule has 0 aliphatic carbocycles. The first-order chi connectivity index (χ1) is 11.1. The number of likely N-dealkylation sites (N-methyl/N-ethyl adjacent to an activating group) is 1. The molecular weight excluding hydrogens is 290 g/mol. The van der Waals surface area contributed by atoms with Crippen LogP contribution >= 0.6 is 0 Å². The molecule has 0 N–H and O–H groups in total. The lowest BCUT2D eigenvalue weighted by Gasteiger charge is -2.39. The lowest BCUT2D eigenvalue weighted by molar-refractivity contribution is -0.134. The van der Waals surface area contributed by atoms with Crippen LogP contribution in [-0.4, -0.2) is 56.9 Å². The first-order valence-corrected chi connectivity index (χ1v) is 7.99. The Bertz CT molecular complexity index is 654. The van der Waals surface area contributed by atoms with Crippen molar-refractivity contribution in [1.82, 2.24) is 24.3 Å². The fraction of sp³-hybridized carbons (Fsp3) is 0.471. The van der Waals surface area contributed by atoms with Crippen molar-refractivity contribution in [3.8, 4) is 0 Å². The molecule has 0 unspecified atom stereocenters. The van der Waals surface area contributed by atoms with Gasteiger partial charge in [-0.2, -0.15) is 0 Å². The highest BCUT2D eigenvalue weighted by Crippen LogP contribution is 2.22. The van der Waals surface area contributed by atoms with Gasteiger partial charge in [-0.25, -0.2) is 4.98 Å². The van der Waals surface area contributed by atoms with Crippen molar-refractivity contribution in [3.63, 3.8) is 0 Å². The number of carbonyl (C=O) groups is 1. The number of pyridine rings is 1. The molecule has 0 aromatic carbocycles. The number of aryl methyl sites for hydroxylation is 2. The van der Waals surface area contributed by atoms with Crippen molar-refractivity contribution in [1.29, 1.82) is 0 Å². The molecule has 3 rings (SSSR count). The normalized spacial score (nSPS) is 19.0. The Hall–Kier alpha value is -2.21. The Morgan fingerprint density at radius 3 is 2.70 bits per heavy atom.